The minimum absolute atomic E-state index is 0.0201. The van der Waals surface area contributed by atoms with E-state index in [4.69, 9.17) is 0 Å². The van der Waals surface area contributed by atoms with E-state index in [1.54, 1.807) is 0 Å². The third-order valence-corrected chi connectivity index (χ3v) is 3.34. The fraction of sp³-hybridized carbons (Fsp3) is 0.278. The van der Waals surface area contributed by atoms with Crippen LogP contribution in [0.2, 0.25) is 0 Å². The zero-order valence-corrected chi connectivity index (χ0v) is 13.1. The molecule has 0 bridgehead atoms. The number of carbonyl (C=O) groups is 1. The van der Waals surface area contributed by atoms with E-state index >= 15 is 0 Å². The van der Waals surface area contributed by atoms with Gasteiger partial charge in [0.1, 0.15) is 0 Å². The van der Waals surface area contributed by atoms with Gasteiger partial charge in [-0.05, 0) is 36.4 Å². The molecule has 0 aliphatic rings. The molecule has 2 aromatic rings. The highest BCUT2D eigenvalue weighted by Gasteiger charge is 2.21. The maximum Gasteiger partial charge on any atom is 0.229 e. The maximum absolute atomic E-state index is 12.0. The monoisotopic (exact) mass is 282 g/mol. The SMILES string of the molecule is CN(c1ccccc1)c1ccc(NC(=O)C(C)(C)C)cc1. The normalized spacial score (nSPS) is 11.0. The molecular formula is C18H22N2O. The lowest BCUT2D eigenvalue weighted by Crippen LogP contribution is -2.27. The summed E-state index contributed by atoms with van der Waals surface area (Å²) < 4.78 is 0. The molecule has 0 saturated carbocycles. The van der Waals surface area contributed by atoms with E-state index < -0.39 is 0 Å². The van der Waals surface area contributed by atoms with Crippen molar-refractivity contribution in [1.29, 1.82) is 0 Å². The summed E-state index contributed by atoms with van der Waals surface area (Å²) in [4.78, 5) is 14.1. The molecule has 0 aromatic heterocycles. The molecular weight excluding hydrogens is 260 g/mol. The molecule has 0 atom stereocenters. The first-order valence-corrected chi connectivity index (χ1v) is 7.08. The molecule has 2 rings (SSSR count). The van der Waals surface area contributed by atoms with Crippen molar-refractivity contribution in [3.63, 3.8) is 0 Å². The van der Waals surface area contributed by atoms with Gasteiger partial charge in [0.15, 0.2) is 0 Å². The number of para-hydroxylation sites is 1. The van der Waals surface area contributed by atoms with E-state index in [-0.39, 0.29) is 11.3 Å². The van der Waals surface area contributed by atoms with Crippen LogP contribution in [0.25, 0.3) is 0 Å². The quantitative estimate of drug-likeness (QED) is 0.902. The molecule has 3 nitrogen and oxygen atoms in total. The van der Waals surface area contributed by atoms with Crippen LogP contribution in [0, 0.1) is 5.41 Å². The van der Waals surface area contributed by atoms with Crippen molar-refractivity contribution in [2.45, 2.75) is 20.8 Å². The van der Waals surface area contributed by atoms with Crippen LogP contribution in [0.1, 0.15) is 20.8 Å². The zero-order valence-electron chi connectivity index (χ0n) is 13.1. The molecule has 21 heavy (non-hydrogen) atoms. The number of amides is 1. The Labute approximate surface area is 126 Å². The van der Waals surface area contributed by atoms with Gasteiger partial charge in [-0.2, -0.15) is 0 Å². The Balaban J connectivity index is 2.11. The summed E-state index contributed by atoms with van der Waals surface area (Å²) in [5.41, 5.74) is 2.64. The minimum Gasteiger partial charge on any atom is -0.345 e. The Kier molecular flexibility index (Phi) is 4.32. The first kappa shape index (κ1) is 15.1. The lowest BCUT2D eigenvalue weighted by molar-refractivity contribution is -0.123. The molecule has 0 saturated heterocycles. The number of nitrogens with one attached hydrogen (secondary N) is 1. The Morgan fingerprint density at radius 2 is 1.43 bits per heavy atom. The van der Waals surface area contributed by atoms with E-state index in [0.29, 0.717) is 0 Å². The van der Waals surface area contributed by atoms with Crippen molar-refractivity contribution < 1.29 is 4.79 Å². The van der Waals surface area contributed by atoms with Crippen molar-refractivity contribution in [1.82, 2.24) is 0 Å². The van der Waals surface area contributed by atoms with E-state index in [9.17, 15) is 4.79 Å². The highest BCUT2D eigenvalue weighted by Crippen LogP contribution is 2.25. The number of nitrogens with zero attached hydrogens (tertiary/aromatic N) is 1. The predicted molar refractivity (Wildman–Crippen MR) is 89.0 cm³/mol. The van der Waals surface area contributed by atoms with Crippen LogP contribution in [-0.4, -0.2) is 13.0 Å². The smallest absolute Gasteiger partial charge is 0.229 e. The van der Waals surface area contributed by atoms with Gasteiger partial charge in [0.05, 0.1) is 0 Å². The number of hydrogen-bond donors (Lipinski definition) is 1. The number of hydrogen-bond acceptors (Lipinski definition) is 2. The second-order valence-electron chi connectivity index (χ2n) is 6.15. The summed E-state index contributed by atoms with van der Waals surface area (Å²) in [6.45, 7) is 5.71. The highest BCUT2D eigenvalue weighted by atomic mass is 16.2. The molecule has 1 N–H and O–H groups in total. The molecule has 0 radical (unpaired) electrons. The summed E-state index contributed by atoms with van der Waals surface area (Å²) in [5, 5.41) is 2.93. The average Bonchev–Trinajstić information content (AvgIpc) is 2.47. The number of rotatable bonds is 3. The third-order valence-electron chi connectivity index (χ3n) is 3.34. The Bertz CT molecular complexity index is 597. The topological polar surface area (TPSA) is 32.3 Å². The summed E-state index contributed by atoms with van der Waals surface area (Å²) in [6.07, 6.45) is 0. The van der Waals surface area contributed by atoms with Crippen molar-refractivity contribution in [3.8, 4) is 0 Å². The molecule has 0 fully saturated rings. The Morgan fingerprint density at radius 1 is 0.905 bits per heavy atom. The van der Waals surface area contributed by atoms with E-state index in [2.05, 4.69) is 22.3 Å². The molecule has 1 amide bonds. The lowest BCUT2D eigenvalue weighted by atomic mass is 9.95. The zero-order chi connectivity index (χ0) is 15.5. The van der Waals surface area contributed by atoms with Gasteiger partial charge in [0.25, 0.3) is 0 Å². The number of benzene rings is 2. The van der Waals surface area contributed by atoms with Gasteiger partial charge in [0, 0.05) is 29.5 Å². The van der Waals surface area contributed by atoms with Crippen LogP contribution in [0.15, 0.2) is 54.6 Å². The maximum atomic E-state index is 12.0. The van der Waals surface area contributed by atoms with E-state index in [0.717, 1.165) is 17.1 Å². The molecule has 0 spiro atoms. The summed E-state index contributed by atoms with van der Waals surface area (Å²) in [6, 6.07) is 18.0. The van der Waals surface area contributed by atoms with Crippen LogP contribution in [0.3, 0.4) is 0 Å². The van der Waals surface area contributed by atoms with E-state index in [1.165, 1.54) is 0 Å². The van der Waals surface area contributed by atoms with Crippen LogP contribution in [0.5, 0.6) is 0 Å². The van der Waals surface area contributed by atoms with Crippen LogP contribution in [-0.2, 0) is 4.79 Å². The van der Waals surface area contributed by atoms with Gasteiger partial charge in [-0.1, -0.05) is 39.0 Å². The number of carbonyl (C=O) groups excluding carboxylic acids is 1. The largest absolute Gasteiger partial charge is 0.345 e. The van der Waals surface area contributed by atoms with Crippen molar-refractivity contribution >= 4 is 23.0 Å². The van der Waals surface area contributed by atoms with Gasteiger partial charge in [-0.3, -0.25) is 4.79 Å². The van der Waals surface area contributed by atoms with Gasteiger partial charge < -0.3 is 10.2 Å². The van der Waals surface area contributed by atoms with Gasteiger partial charge in [-0.25, -0.2) is 0 Å². The van der Waals surface area contributed by atoms with Crippen LogP contribution >= 0.6 is 0 Å². The number of anilines is 3. The fourth-order valence-corrected chi connectivity index (χ4v) is 1.89. The summed E-state index contributed by atoms with van der Waals surface area (Å²) in [5.74, 6) is 0.0201. The molecule has 0 aliphatic heterocycles. The first-order valence-electron chi connectivity index (χ1n) is 7.08. The molecule has 0 unspecified atom stereocenters. The van der Waals surface area contributed by atoms with Gasteiger partial charge >= 0.3 is 0 Å². The van der Waals surface area contributed by atoms with E-state index in [1.807, 2.05) is 70.3 Å². The fourth-order valence-electron chi connectivity index (χ4n) is 1.89. The highest BCUT2D eigenvalue weighted by molar-refractivity contribution is 5.94. The minimum atomic E-state index is -0.389. The van der Waals surface area contributed by atoms with Crippen molar-refractivity contribution in [3.05, 3.63) is 54.6 Å². The van der Waals surface area contributed by atoms with Crippen LogP contribution in [0.4, 0.5) is 17.1 Å². The standard InChI is InChI=1S/C18H22N2O/c1-18(2,3)17(21)19-14-10-12-16(13-11-14)20(4)15-8-6-5-7-9-15/h5-13H,1-4H3,(H,19,21). The first-order chi connectivity index (χ1) is 9.88. The molecule has 0 aliphatic carbocycles. The summed E-state index contributed by atoms with van der Waals surface area (Å²) >= 11 is 0. The molecule has 0 heterocycles. The Morgan fingerprint density at radius 3 is 1.95 bits per heavy atom. The second kappa shape index (κ2) is 6.00. The molecule has 3 heteroatoms. The molecule has 110 valence electrons. The predicted octanol–water partition coefficient (Wildman–Crippen LogP) is 4.44. The summed E-state index contributed by atoms with van der Waals surface area (Å²) in [7, 11) is 2.03. The molecule has 2 aromatic carbocycles. The van der Waals surface area contributed by atoms with Crippen molar-refractivity contribution in [2.75, 3.05) is 17.3 Å². The Hall–Kier alpha value is -2.29. The van der Waals surface area contributed by atoms with Gasteiger partial charge in [0.2, 0.25) is 5.91 Å². The van der Waals surface area contributed by atoms with Gasteiger partial charge in [-0.15, -0.1) is 0 Å². The average molecular weight is 282 g/mol. The lowest BCUT2D eigenvalue weighted by Gasteiger charge is -2.21. The second-order valence-corrected chi connectivity index (χ2v) is 6.15. The van der Waals surface area contributed by atoms with Crippen LogP contribution < -0.4 is 10.2 Å². The third kappa shape index (κ3) is 3.85. The van der Waals surface area contributed by atoms with Crippen molar-refractivity contribution in [2.24, 2.45) is 5.41 Å².